The molecule has 0 saturated heterocycles. The molecule has 128 valence electrons. The van der Waals surface area contributed by atoms with Crippen LogP contribution in [0, 0.1) is 21.4 Å². The largest absolute Gasteiger partial charge is 0.497 e. The second kappa shape index (κ2) is 6.91. The number of hydrogen-bond donors (Lipinski definition) is 1. The number of aromatic nitrogens is 1. The predicted molar refractivity (Wildman–Crippen MR) is 94.0 cm³/mol. The van der Waals surface area contributed by atoms with E-state index in [1.165, 1.54) is 30.3 Å². The number of H-pyrrole nitrogens is 1. The number of ether oxygens (including phenoxy) is 1. The van der Waals surface area contributed by atoms with Gasteiger partial charge in [-0.3, -0.25) is 14.9 Å². The number of nitrogens with zero attached hydrogens (tertiary/aromatic N) is 2. The number of ketones is 1. The molecule has 0 aliphatic carbocycles. The smallest absolute Gasteiger partial charge is 0.269 e. The number of nitro benzene ring substituents is 1. The van der Waals surface area contributed by atoms with Crippen LogP contribution in [0.1, 0.15) is 21.6 Å². The third-order valence-electron chi connectivity index (χ3n) is 3.90. The minimum absolute atomic E-state index is 0.0938. The fraction of sp³-hybridized carbons (Fsp3) is 0.0526. The molecular formula is C19H13N3O4. The summed E-state index contributed by atoms with van der Waals surface area (Å²) in [4.78, 5) is 26.0. The second-order valence-electron chi connectivity index (χ2n) is 5.45. The number of methoxy groups -OCH3 is 1. The van der Waals surface area contributed by atoms with Gasteiger partial charge >= 0.3 is 0 Å². The number of aromatic amines is 1. The number of nitriles is 1. The van der Waals surface area contributed by atoms with Crippen LogP contribution in [0.3, 0.4) is 0 Å². The third kappa shape index (κ3) is 3.16. The van der Waals surface area contributed by atoms with Gasteiger partial charge in [-0.1, -0.05) is 0 Å². The van der Waals surface area contributed by atoms with Gasteiger partial charge in [-0.25, -0.2) is 0 Å². The minimum atomic E-state index is -0.527. The first-order valence-corrected chi connectivity index (χ1v) is 7.60. The molecule has 0 fully saturated rings. The number of nitro groups is 1. The SMILES string of the molecule is COc1ccc(-c2[nH]c(C#N)cc2C(=O)c2ccc([N+](=O)[O-])cc2)cc1. The molecule has 0 bridgehead atoms. The van der Waals surface area contributed by atoms with E-state index in [-0.39, 0.29) is 17.2 Å². The van der Waals surface area contributed by atoms with Crippen molar-refractivity contribution >= 4 is 11.5 Å². The van der Waals surface area contributed by atoms with E-state index in [4.69, 9.17) is 10.00 Å². The fourth-order valence-electron chi connectivity index (χ4n) is 2.57. The van der Waals surface area contributed by atoms with Crippen molar-refractivity contribution < 1.29 is 14.5 Å². The zero-order valence-electron chi connectivity index (χ0n) is 13.7. The van der Waals surface area contributed by atoms with Crippen LogP contribution in [-0.4, -0.2) is 22.8 Å². The topological polar surface area (TPSA) is 109 Å². The molecule has 0 aliphatic rings. The van der Waals surface area contributed by atoms with E-state index in [2.05, 4.69) is 4.98 Å². The van der Waals surface area contributed by atoms with E-state index in [1.54, 1.807) is 31.4 Å². The molecule has 0 radical (unpaired) electrons. The molecule has 2 aromatic carbocycles. The Morgan fingerprint density at radius 2 is 1.81 bits per heavy atom. The molecule has 0 saturated carbocycles. The van der Waals surface area contributed by atoms with Gasteiger partial charge in [-0.05, 0) is 48.0 Å². The van der Waals surface area contributed by atoms with Crippen molar-refractivity contribution in [1.82, 2.24) is 4.98 Å². The van der Waals surface area contributed by atoms with Crippen LogP contribution in [0.4, 0.5) is 5.69 Å². The van der Waals surface area contributed by atoms with Gasteiger partial charge in [0.2, 0.25) is 0 Å². The zero-order chi connectivity index (χ0) is 18.7. The highest BCUT2D eigenvalue weighted by Crippen LogP contribution is 2.28. The number of carbonyl (C=O) groups excluding carboxylic acids is 1. The molecule has 26 heavy (non-hydrogen) atoms. The van der Waals surface area contributed by atoms with Crippen molar-refractivity contribution in [3.63, 3.8) is 0 Å². The van der Waals surface area contributed by atoms with Gasteiger partial charge in [0.1, 0.15) is 17.5 Å². The Labute approximate surface area is 148 Å². The fourth-order valence-corrected chi connectivity index (χ4v) is 2.57. The van der Waals surface area contributed by atoms with Crippen molar-refractivity contribution in [3.05, 3.63) is 81.5 Å². The molecule has 0 atom stereocenters. The Bertz CT molecular complexity index is 1010. The zero-order valence-corrected chi connectivity index (χ0v) is 13.7. The highest BCUT2D eigenvalue weighted by Gasteiger charge is 2.19. The summed E-state index contributed by atoms with van der Waals surface area (Å²) in [6, 6.07) is 15.9. The van der Waals surface area contributed by atoms with Gasteiger partial charge in [-0.2, -0.15) is 5.26 Å². The minimum Gasteiger partial charge on any atom is -0.497 e. The number of benzene rings is 2. The quantitative estimate of drug-likeness (QED) is 0.430. The van der Waals surface area contributed by atoms with Gasteiger partial charge < -0.3 is 9.72 Å². The van der Waals surface area contributed by atoms with E-state index >= 15 is 0 Å². The van der Waals surface area contributed by atoms with Crippen LogP contribution in [0.5, 0.6) is 5.75 Å². The maximum Gasteiger partial charge on any atom is 0.269 e. The van der Waals surface area contributed by atoms with E-state index in [1.807, 2.05) is 6.07 Å². The van der Waals surface area contributed by atoms with Crippen LogP contribution in [-0.2, 0) is 0 Å². The molecule has 0 amide bonds. The summed E-state index contributed by atoms with van der Waals surface area (Å²) >= 11 is 0. The van der Waals surface area contributed by atoms with Gasteiger partial charge in [0, 0.05) is 23.3 Å². The first-order chi connectivity index (χ1) is 12.5. The maximum absolute atomic E-state index is 12.9. The summed E-state index contributed by atoms with van der Waals surface area (Å²) < 4.78 is 5.12. The van der Waals surface area contributed by atoms with Crippen LogP contribution in [0.2, 0.25) is 0 Å². The molecular weight excluding hydrogens is 334 g/mol. The average molecular weight is 347 g/mol. The predicted octanol–water partition coefficient (Wildman–Crippen LogP) is 3.70. The van der Waals surface area contributed by atoms with Crippen molar-refractivity contribution in [2.75, 3.05) is 7.11 Å². The molecule has 1 N–H and O–H groups in total. The molecule has 0 aliphatic heterocycles. The Hall–Kier alpha value is -3.92. The van der Waals surface area contributed by atoms with Crippen molar-refractivity contribution in [1.29, 1.82) is 5.26 Å². The van der Waals surface area contributed by atoms with Crippen LogP contribution < -0.4 is 4.74 Å². The first kappa shape index (κ1) is 16.9. The summed E-state index contributed by atoms with van der Waals surface area (Å²) in [5, 5.41) is 19.9. The molecule has 1 aromatic heterocycles. The Morgan fingerprint density at radius 3 is 2.35 bits per heavy atom. The van der Waals surface area contributed by atoms with Crippen molar-refractivity contribution in [2.24, 2.45) is 0 Å². The molecule has 0 unspecified atom stereocenters. The number of nitrogens with one attached hydrogen (secondary N) is 1. The van der Waals surface area contributed by atoms with Crippen LogP contribution in [0.25, 0.3) is 11.3 Å². The van der Waals surface area contributed by atoms with E-state index < -0.39 is 4.92 Å². The molecule has 3 rings (SSSR count). The lowest BCUT2D eigenvalue weighted by Gasteiger charge is -2.05. The first-order valence-electron chi connectivity index (χ1n) is 7.60. The average Bonchev–Trinajstić information content (AvgIpc) is 3.12. The lowest BCUT2D eigenvalue weighted by atomic mass is 9.99. The lowest BCUT2D eigenvalue weighted by Crippen LogP contribution is -2.02. The van der Waals surface area contributed by atoms with E-state index in [0.717, 1.165) is 5.56 Å². The number of hydrogen-bond acceptors (Lipinski definition) is 5. The summed E-state index contributed by atoms with van der Waals surface area (Å²) in [7, 11) is 1.56. The highest BCUT2D eigenvalue weighted by atomic mass is 16.6. The normalized spacial score (nSPS) is 10.2. The summed E-state index contributed by atoms with van der Waals surface area (Å²) in [5.41, 5.74) is 2.00. The Morgan fingerprint density at radius 1 is 1.15 bits per heavy atom. The van der Waals surface area contributed by atoms with E-state index in [9.17, 15) is 14.9 Å². The Kier molecular flexibility index (Phi) is 4.50. The van der Waals surface area contributed by atoms with Gasteiger partial charge in [0.25, 0.3) is 5.69 Å². The van der Waals surface area contributed by atoms with Crippen molar-refractivity contribution in [3.8, 4) is 23.1 Å². The third-order valence-corrected chi connectivity index (χ3v) is 3.90. The summed E-state index contributed by atoms with van der Waals surface area (Å²) in [6.45, 7) is 0. The molecule has 0 spiro atoms. The molecule has 7 heteroatoms. The summed E-state index contributed by atoms with van der Waals surface area (Å²) in [6.07, 6.45) is 0. The number of rotatable bonds is 5. The number of non-ortho nitro benzene ring substituents is 1. The molecule has 3 aromatic rings. The van der Waals surface area contributed by atoms with Gasteiger partial charge in [0.05, 0.1) is 17.7 Å². The number of carbonyl (C=O) groups is 1. The molecule has 7 nitrogen and oxygen atoms in total. The molecule has 1 heterocycles. The van der Waals surface area contributed by atoms with Crippen molar-refractivity contribution in [2.45, 2.75) is 0 Å². The lowest BCUT2D eigenvalue weighted by molar-refractivity contribution is -0.384. The monoisotopic (exact) mass is 347 g/mol. The Balaban J connectivity index is 2.03. The highest BCUT2D eigenvalue weighted by molar-refractivity contribution is 6.12. The van der Waals surface area contributed by atoms with E-state index in [0.29, 0.717) is 22.6 Å². The van der Waals surface area contributed by atoms with Gasteiger partial charge in [-0.15, -0.1) is 0 Å². The standard InChI is InChI=1S/C19H13N3O4/c1-26-16-8-4-12(5-9-16)18-17(10-14(11-20)21-18)19(23)13-2-6-15(7-3-13)22(24)25/h2-10,21H,1H3. The second-order valence-corrected chi connectivity index (χ2v) is 5.45. The van der Waals surface area contributed by atoms with Crippen LogP contribution in [0.15, 0.2) is 54.6 Å². The van der Waals surface area contributed by atoms with Gasteiger partial charge in [0.15, 0.2) is 5.78 Å². The maximum atomic E-state index is 12.9. The van der Waals surface area contributed by atoms with Crippen LogP contribution >= 0.6 is 0 Å². The summed E-state index contributed by atoms with van der Waals surface area (Å²) in [5.74, 6) is 0.340.